The number of ether oxygens (including phenoxy) is 1. The van der Waals surface area contributed by atoms with E-state index in [1.54, 1.807) is 4.90 Å². The van der Waals surface area contributed by atoms with Crippen molar-refractivity contribution in [1.82, 2.24) is 25.0 Å². The van der Waals surface area contributed by atoms with Gasteiger partial charge in [0.15, 0.2) is 0 Å². The predicted molar refractivity (Wildman–Crippen MR) is 170 cm³/mol. The summed E-state index contributed by atoms with van der Waals surface area (Å²) < 4.78 is 38.7. The lowest BCUT2D eigenvalue weighted by molar-refractivity contribution is -0.126. The molecule has 5 heterocycles. The van der Waals surface area contributed by atoms with Crippen LogP contribution >= 0.6 is 11.3 Å². The van der Waals surface area contributed by atoms with Gasteiger partial charge < -0.3 is 20.1 Å². The van der Waals surface area contributed by atoms with Crippen molar-refractivity contribution in [3.8, 4) is 39.5 Å². The second-order valence-electron chi connectivity index (χ2n) is 11.1. The average molecular weight is 642 g/mol. The van der Waals surface area contributed by atoms with Crippen LogP contribution in [0.4, 0.5) is 8.78 Å². The number of benzene rings is 2. The highest BCUT2D eigenvalue weighted by Crippen LogP contribution is 2.47. The molecule has 0 aliphatic carbocycles. The number of hydrogen-bond donors (Lipinski definition) is 2. The summed E-state index contributed by atoms with van der Waals surface area (Å²) in [6.07, 6.45) is 2.15. The SMILES string of the molecule is C=CC(=O)N1CCc2cc(-c3nc(-c4ccc5c(c4)CNC(=O)C5)c4ccsc4c3-c3c(F)cc(F)cc3OCCO)nn2CC1. The summed E-state index contributed by atoms with van der Waals surface area (Å²) in [5, 5.41) is 19.9. The highest BCUT2D eigenvalue weighted by Gasteiger charge is 2.28. The molecule has 2 N–H and O–H groups in total. The first-order chi connectivity index (χ1) is 22.3. The van der Waals surface area contributed by atoms with Gasteiger partial charge in [-0.25, -0.2) is 13.8 Å². The van der Waals surface area contributed by atoms with E-state index in [0.29, 0.717) is 66.4 Å². The Kier molecular flexibility index (Phi) is 7.83. The summed E-state index contributed by atoms with van der Waals surface area (Å²) >= 11 is 1.39. The second kappa shape index (κ2) is 12.1. The number of carbonyl (C=O) groups is 2. The number of carbonyl (C=O) groups excluding carboxylic acids is 2. The largest absolute Gasteiger partial charge is 0.490 e. The van der Waals surface area contributed by atoms with E-state index in [4.69, 9.17) is 14.8 Å². The number of aromatic nitrogens is 3. The van der Waals surface area contributed by atoms with Gasteiger partial charge in [0.2, 0.25) is 11.8 Å². The number of aliphatic hydroxyl groups is 1. The molecule has 2 amide bonds. The van der Waals surface area contributed by atoms with Gasteiger partial charge in [0, 0.05) is 65.1 Å². The fourth-order valence-electron chi connectivity index (χ4n) is 6.16. The molecule has 0 unspecified atom stereocenters. The maximum absolute atomic E-state index is 15.9. The van der Waals surface area contributed by atoms with E-state index in [1.807, 2.05) is 40.4 Å². The van der Waals surface area contributed by atoms with Crippen LogP contribution in [0.1, 0.15) is 16.8 Å². The number of nitrogens with one attached hydrogen (secondary N) is 1. The summed E-state index contributed by atoms with van der Waals surface area (Å²) in [7, 11) is 0. The lowest BCUT2D eigenvalue weighted by Gasteiger charge is -2.19. The lowest BCUT2D eigenvalue weighted by atomic mass is 9.94. The van der Waals surface area contributed by atoms with Crippen LogP contribution in [0.25, 0.3) is 43.9 Å². The van der Waals surface area contributed by atoms with Crippen molar-refractivity contribution in [2.24, 2.45) is 0 Å². The van der Waals surface area contributed by atoms with Crippen LogP contribution in [0, 0.1) is 11.6 Å². The zero-order valence-corrected chi connectivity index (χ0v) is 25.5. The monoisotopic (exact) mass is 641 g/mol. The molecular formula is C34H29F2N5O4S. The Morgan fingerprint density at radius 3 is 2.78 bits per heavy atom. The molecule has 7 rings (SSSR count). The van der Waals surface area contributed by atoms with E-state index >= 15 is 4.39 Å². The van der Waals surface area contributed by atoms with Crippen molar-refractivity contribution in [2.75, 3.05) is 26.3 Å². The van der Waals surface area contributed by atoms with Crippen LogP contribution in [0.2, 0.25) is 0 Å². The molecule has 5 aromatic rings. The lowest BCUT2D eigenvalue weighted by Crippen LogP contribution is -2.32. The summed E-state index contributed by atoms with van der Waals surface area (Å²) in [6.45, 7) is 4.90. The Hall–Kier alpha value is -4.94. The smallest absolute Gasteiger partial charge is 0.246 e. The third-order valence-electron chi connectivity index (χ3n) is 8.34. The highest BCUT2D eigenvalue weighted by atomic mass is 32.1. The summed E-state index contributed by atoms with van der Waals surface area (Å²) in [6, 6.07) is 11.6. The molecule has 2 aliphatic heterocycles. The number of pyridine rings is 1. The second-order valence-corrected chi connectivity index (χ2v) is 12.1. The van der Waals surface area contributed by atoms with E-state index in [0.717, 1.165) is 39.9 Å². The van der Waals surface area contributed by atoms with E-state index in [2.05, 4.69) is 11.9 Å². The van der Waals surface area contributed by atoms with Gasteiger partial charge in [-0.1, -0.05) is 18.7 Å². The number of amides is 2. The Bertz CT molecular complexity index is 2010. The summed E-state index contributed by atoms with van der Waals surface area (Å²) in [5.41, 5.74) is 5.61. The van der Waals surface area contributed by atoms with Gasteiger partial charge in [0.1, 0.15) is 35.4 Å². The summed E-state index contributed by atoms with van der Waals surface area (Å²) in [5.74, 6) is -1.86. The van der Waals surface area contributed by atoms with Crippen LogP contribution in [0.3, 0.4) is 0 Å². The third-order valence-corrected chi connectivity index (χ3v) is 9.28. The first-order valence-electron chi connectivity index (χ1n) is 14.9. The molecule has 0 atom stereocenters. The maximum atomic E-state index is 15.9. The maximum Gasteiger partial charge on any atom is 0.246 e. The van der Waals surface area contributed by atoms with Gasteiger partial charge in [-0.15, -0.1) is 11.3 Å². The molecule has 0 bridgehead atoms. The molecule has 3 aromatic heterocycles. The minimum atomic E-state index is -0.831. The van der Waals surface area contributed by atoms with Crippen molar-refractivity contribution >= 4 is 33.2 Å². The van der Waals surface area contributed by atoms with Crippen molar-refractivity contribution in [3.63, 3.8) is 0 Å². The van der Waals surface area contributed by atoms with E-state index in [1.165, 1.54) is 17.4 Å². The van der Waals surface area contributed by atoms with Crippen molar-refractivity contribution in [3.05, 3.63) is 89.0 Å². The minimum Gasteiger partial charge on any atom is -0.490 e. The molecule has 0 saturated heterocycles. The zero-order chi connectivity index (χ0) is 31.9. The number of rotatable bonds is 7. The fourth-order valence-corrected chi connectivity index (χ4v) is 7.10. The number of fused-ring (bicyclic) bond motifs is 3. The average Bonchev–Trinajstić information content (AvgIpc) is 3.66. The Labute approximate surface area is 266 Å². The van der Waals surface area contributed by atoms with Crippen LogP contribution < -0.4 is 10.1 Å². The van der Waals surface area contributed by atoms with Crippen LogP contribution in [-0.4, -0.2) is 62.9 Å². The van der Waals surface area contributed by atoms with Crippen LogP contribution in [0.15, 0.2) is 60.5 Å². The summed E-state index contributed by atoms with van der Waals surface area (Å²) in [4.78, 5) is 31.1. The molecule has 2 aliphatic rings. The molecule has 234 valence electrons. The molecule has 9 nitrogen and oxygen atoms in total. The standard InChI is InChI=1S/C34H29F2N5O4S/c1-2-29(44)40-7-5-23-17-26(39-41(23)9-8-40)33-31(30-25(36)15-22(35)16-27(30)45-11-10-42)34-24(6-12-46-34)32(38-33)20-4-3-19-14-28(43)37-18-21(19)13-20/h2-4,6,12-13,15-17,42H,1,5,7-11,14,18H2,(H,37,43). The van der Waals surface area contributed by atoms with Gasteiger partial charge in [0.25, 0.3) is 0 Å². The van der Waals surface area contributed by atoms with Crippen LogP contribution in [-0.2, 0) is 35.5 Å². The zero-order valence-electron chi connectivity index (χ0n) is 24.7. The van der Waals surface area contributed by atoms with Gasteiger partial charge >= 0.3 is 0 Å². The van der Waals surface area contributed by atoms with E-state index in [9.17, 15) is 19.1 Å². The first kappa shape index (κ1) is 29.8. The van der Waals surface area contributed by atoms with Crippen molar-refractivity contribution in [1.29, 1.82) is 0 Å². The predicted octanol–water partition coefficient (Wildman–Crippen LogP) is 4.89. The molecule has 0 saturated carbocycles. The quantitative estimate of drug-likeness (QED) is 0.245. The number of aliphatic hydroxyl groups excluding tert-OH is 1. The fraction of sp³-hybridized carbons (Fsp3) is 0.235. The molecular weight excluding hydrogens is 612 g/mol. The topological polar surface area (TPSA) is 110 Å². The molecule has 12 heteroatoms. The Morgan fingerprint density at radius 2 is 1.96 bits per heavy atom. The van der Waals surface area contributed by atoms with Crippen LogP contribution in [0.5, 0.6) is 5.75 Å². The van der Waals surface area contributed by atoms with Gasteiger partial charge in [-0.3, -0.25) is 14.3 Å². The molecule has 2 aromatic carbocycles. The molecule has 0 radical (unpaired) electrons. The Morgan fingerprint density at radius 1 is 1.09 bits per heavy atom. The van der Waals surface area contributed by atoms with E-state index < -0.39 is 11.6 Å². The minimum absolute atomic E-state index is 0.0236. The number of nitrogens with zero attached hydrogens (tertiary/aromatic N) is 4. The van der Waals surface area contributed by atoms with Gasteiger partial charge in [-0.05, 0) is 40.8 Å². The van der Waals surface area contributed by atoms with Crippen molar-refractivity contribution in [2.45, 2.75) is 25.9 Å². The van der Waals surface area contributed by atoms with Gasteiger partial charge in [-0.2, -0.15) is 5.10 Å². The number of halogens is 2. The first-order valence-corrected chi connectivity index (χ1v) is 15.7. The molecule has 0 spiro atoms. The van der Waals surface area contributed by atoms with E-state index in [-0.39, 0.29) is 36.3 Å². The molecule has 46 heavy (non-hydrogen) atoms. The highest BCUT2D eigenvalue weighted by molar-refractivity contribution is 7.18. The third kappa shape index (κ3) is 5.33. The van der Waals surface area contributed by atoms with Crippen molar-refractivity contribution < 1.29 is 28.2 Å². The Balaban J connectivity index is 1.45. The number of hydrogen-bond acceptors (Lipinski definition) is 7. The molecule has 0 fully saturated rings. The normalized spacial score (nSPS) is 14.4. The van der Waals surface area contributed by atoms with Gasteiger partial charge in [0.05, 0.1) is 30.8 Å². The number of thiophene rings is 1.